The number of benzene rings is 1. The van der Waals surface area contributed by atoms with Crippen molar-refractivity contribution in [3.63, 3.8) is 0 Å². The molecule has 0 radical (unpaired) electrons. The zero-order valence-corrected chi connectivity index (χ0v) is 12.6. The molecular formula is C14H22IN. The molecule has 90 valence electrons. The monoisotopic (exact) mass is 331 g/mol. The summed E-state index contributed by atoms with van der Waals surface area (Å²) in [6, 6.07) is 9.34. The first-order valence-corrected chi connectivity index (χ1v) is 7.13. The van der Waals surface area contributed by atoms with E-state index in [1.165, 1.54) is 22.0 Å². The van der Waals surface area contributed by atoms with Gasteiger partial charge < -0.3 is 5.32 Å². The number of halogens is 1. The van der Waals surface area contributed by atoms with Crippen LogP contribution in [0.15, 0.2) is 24.3 Å². The van der Waals surface area contributed by atoms with E-state index in [-0.39, 0.29) is 0 Å². The average molecular weight is 331 g/mol. The highest BCUT2D eigenvalue weighted by molar-refractivity contribution is 14.1. The second-order valence-corrected chi connectivity index (χ2v) is 6.13. The van der Waals surface area contributed by atoms with Crippen molar-refractivity contribution in [3.05, 3.63) is 33.4 Å². The van der Waals surface area contributed by atoms with Crippen molar-refractivity contribution in [1.29, 1.82) is 0 Å². The largest absolute Gasteiger partial charge is 0.310 e. The number of hydrogen-bond acceptors (Lipinski definition) is 1. The Morgan fingerprint density at radius 1 is 1.06 bits per heavy atom. The molecule has 0 amide bonds. The molecule has 0 bridgehead atoms. The predicted octanol–water partition coefficient (Wildman–Crippen LogP) is 4.21. The van der Waals surface area contributed by atoms with Gasteiger partial charge in [-0.2, -0.15) is 0 Å². The SMILES string of the molecule is CC(C)CCC(C)NCc1ccc(I)cc1. The first-order valence-electron chi connectivity index (χ1n) is 6.05. The van der Waals surface area contributed by atoms with Gasteiger partial charge in [0.1, 0.15) is 0 Å². The van der Waals surface area contributed by atoms with Gasteiger partial charge in [-0.3, -0.25) is 0 Å². The molecule has 1 N–H and O–H groups in total. The highest BCUT2D eigenvalue weighted by atomic mass is 127. The third-order valence-electron chi connectivity index (χ3n) is 2.74. The Bertz CT molecular complexity index is 292. The second-order valence-electron chi connectivity index (χ2n) is 4.88. The van der Waals surface area contributed by atoms with Gasteiger partial charge in [0.2, 0.25) is 0 Å². The van der Waals surface area contributed by atoms with Crippen molar-refractivity contribution in [2.24, 2.45) is 5.92 Å². The molecule has 1 nitrogen and oxygen atoms in total. The van der Waals surface area contributed by atoms with Crippen LogP contribution >= 0.6 is 22.6 Å². The molecule has 1 rings (SSSR count). The molecular weight excluding hydrogens is 309 g/mol. The highest BCUT2D eigenvalue weighted by Crippen LogP contribution is 2.09. The van der Waals surface area contributed by atoms with E-state index >= 15 is 0 Å². The van der Waals surface area contributed by atoms with Crippen molar-refractivity contribution >= 4 is 22.6 Å². The topological polar surface area (TPSA) is 12.0 Å². The van der Waals surface area contributed by atoms with Gasteiger partial charge in [-0.1, -0.05) is 26.0 Å². The van der Waals surface area contributed by atoms with Gasteiger partial charge in [0.25, 0.3) is 0 Å². The van der Waals surface area contributed by atoms with E-state index in [2.05, 4.69) is 72.9 Å². The van der Waals surface area contributed by atoms with Crippen LogP contribution in [0.3, 0.4) is 0 Å². The van der Waals surface area contributed by atoms with E-state index in [0.29, 0.717) is 6.04 Å². The van der Waals surface area contributed by atoms with Gasteiger partial charge in [0.05, 0.1) is 0 Å². The molecule has 0 spiro atoms. The summed E-state index contributed by atoms with van der Waals surface area (Å²) < 4.78 is 1.30. The molecule has 1 unspecified atom stereocenters. The van der Waals surface area contributed by atoms with Crippen molar-refractivity contribution in [3.8, 4) is 0 Å². The number of rotatable bonds is 6. The van der Waals surface area contributed by atoms with Gasteiger partial charge in [0, 0.05) is 16.2 Å². The summed E-state index contributed by atoms with van der Waals surface area (Å²) in [5, 5.41) is 3.57. The molecule has 0 fully saturated rings. The Kier molecular flexibility index (Phi) is 6.36. The zero-order valence-electron chi connectivity index (χ0n) is 10.5. The number of hydrogen-bond donors (Lipinski definition) is 1. The molecule has 0 aliphatic carbocycles. The average Bonchev–Trinajstić information content (AvgIpc) is 2.25. The lowest BCUT2D eigenvalue weighted by molar-refractivity contribution is 0.451. The van der Waals surface area contributed by atoms with Crippen LogP contribution in [0.1, 0.15) is 39.2 Å². The van der Waals surface area contributed by atoms with Crippen LogP contribution in [0.2, 0.25) is 0 Å². The minimum atomic E-state index is 0.613. The first-order chi connectivity index (χ1) is 7.58. The van der Waals surface area contributed by atoms with Gasteiger partial charge in [-0.05, 0) is 66.0 Å². The lowest BCUT2D eigenvalue weighted by Gasteiger charge is -2.15. The van der Waals surface area contributed by atoms with Crippen molar-refractivity contribution in [2.75, 3.05) is 0 Å². The maximum absolute atomic E-state index is 3.57. The third-order valence-corrected chi connectivity index (χ3v) is 3.46. The maximum atomic E-state index is 3.57. The van der Waals surface area contributed by atoms with Crippen LogP contribution in [-0.4, -0.2) is 6.04 Å². The fourth-order valence-corrected chi connectivity index (χ4v) is 1.94. The highest BCUT2D eigenvalue weighted by Gasteiger charge is 2.03. The first kappa shape index (κ1) is 14.0. The Morgan fingerprint density at radius 2 is 1.69 bits per heavy atom. The second kappa shape index (κ2) is 7.28. The maximum Gasteiger partial charge on any atom is 0.0207 e. The summed E-state index contributed by atoms with van der Waals surface area (Å²) in [6.45, 7) is 7.82. The third kappa shape index (κ3) is 5.85. The van der Waals surface area contributed by atoms with Gasteiger partial charge in [-0.15, -0.1) is 0 Å². The number of nitrogens with one attached hydrogen (secondary N) is 1. The van der Waals surface area contributed by atoms with Crippen molar-refractivity contribution in [1.82, 2.24) is 5.32 Å². The minimum absolute atomic E-state index is 0.613. The van der Waals surface area contributed by atoms with Crippen molar-refractivity contribution in [2.45, 2.75) is 46.2 Å². The van der Waals surface area contributed by atoms with E-state index in [1.54, 1.807) is 0 Å². The Balaban J connectivity index is 2.26. The molecule has 0 heterocycles. The van der Waals surface area contributed by atoms with Crippen LogP contribution in [-0.2, 0) is 6.54 Å². The van der Waals surface area contributed by atoms with E-state index in [0.717, 1.165) is 12.5 Å². The Morgan fingerprint density at radius 3 is 2.25 bits per heavy atom. The lowest BCUT2D eigenvalue weighted by Crippen LogP contribution is -2.25. The van der Waals surface area contributed by atoms with Crippen molar-refractivity contribution < 1.29 is 0 Å². The van der Waals surface area contributed by atoms with E-state index in [9.17, 15) is 0 Å². The molecule has 0 aliphatic heterocycles. The normalized spacial score (nSPS) is 13.1. The van der Waals surface area contributed by atoms with Crippen LogP contribution < -0.4 is 5.32 Å². The summed E-state index contributed by atoms with van der Waals surface area (Å²) in [5.74, 6) is 0.808. The van der Waals surface area contributed by atoms with Crippen LogP contribution in [0.4, 0.5) is 0 Å². The van der Waals surface area contributed by atoms with Gasteiger partial charge >= 0.3 is 0 Å². The molecule has 0 aliphatic rings. The van der Waals surface area contributed by atoms with E-state index < -0.39 is 0 Å². The summed E-state index contributed by atoms with van der Waals surface area (Å²) in [4.78, 5) is 0. The van der Waals surface area contributed by atoms with Gasteiger partial charge in [0.15, 0.2) is 0 Å². The van der Waals surface area contributed by atoms with E-state index in [4.69, 9.17) is 0 Å². The molecule has 2 heteroatoms. The lowest BCUT2D eigenvalue weighted by atomic mass is 10.0. The quantitative estimate of drug-likeness (QED) is 0.770. The summed E-state index contributed by atoms with van der Waals surface area (Å²) in [5.41, 5.74) is 1.37. The molecule has 0 saturated heterocycles. The fraction of sp³-hybridized carbons (Fsp3) is 0.571. The zero-order chi connectivity index (χ0) is 12.0. The molecule has 1 aromatic rings. The molecule has 1 atom stereocenters. The summed E-state index contributed by atoms with van der Waals surface area (Å²) >= 11 is 2.34. The molecule has 1 aromatic carbocycles. The smallest absolute Gasteiger partial charge is 0.0207 e. The fourth-order valence-electron chi connectivity index (χ4n) is 1.58. The van der Waals surface area contributed by atoms with E-state index in [1.807, 2.05) is 0 Å². The Hall–Kier alpha value is -0.0900. The summed E-state index contributed by atoms with van der Waals surface area (Å²) in [7, 11) is 0. The van der Waals surface area contributed by atoms with Crippen LogP contribution in [0.5, 0.6) is 0 Å². The molecule has 16 heavy (non-hydrogen) atoms. The van der Waals surface area contributed by atoms with Crippen LogP contribution in [0, 0.1) is 9.49 Å². The minimum Gasteiger partial charge on any atom is -0.310 e. The summed E-state index contributed by atoms with van der Waals surface area (Å²) in [6.07, 6.45) is 2.57. The Labute approximate surface area is 113 Å². The predicted molar refractivity (Wildman–Crippen MR) is 79.5 cm³/mol. The van der Waals surface area contributed by atoms with Crippen LogP contribution in [0.25, 0.3) is 0 Å². The molecule has 0 saturated carbocycles. The van der Waals surface area contributed by atoms with Gasteiger partial charge in [-0.25, -0.2) is 0 Å². The standard InChI is InChI=1S/C14H22IN/c1-11(2)4-5-12(3)16-10-13-6-8-14(15)9-7-13/h6-9,11-12,16H,4-5,10H2,1-3H3. The molecule has 0 aromatic heterocycles.